The molecule has 558 valence electrons. The number of piperazine rings is 2. The number of esters is 1. The Morgan fingerprint density at radius 3 is 1.38 bits per heavy atom. The molecule has 0 atom stereocenters. The van der Waals surface area contributed by atoms with Crippen LogP contribution in [0.1, 0.15) is 108 Å². The number of non-ortho nitro benzene ring substituents is 1. The number of nitrogens with one attached hydrogen (secondary N) is 3. The predicted octanol–water partition coefficient (Wildman–Crippen LogP) is 10.2. The van der Waals surface area contributed by atoms with E-state index < -0.39 is 28.3 Å². The number of carboxylic acid groups (broad SMARTS) is 1. The first-order chi connectivity index (χ1) is 50.7. The lowest BCUT2D eigenvalue weighted by molar-refractivity contribution is -0.384. The van der Waals surface area contributed by atoms with Crippen molar-refractivity contribution in [2.45, 2.75) is 79.3 Å². The fourth-order valence-electron chi connectivity index (χ4n) is 11.2. The van der Waals surface area contributed by atoms with Crippen molar-refractivity contribution < 1.29 is 78.5 Å². The maximum Gasteiger partial charge on any atom is 0.415 e. The summed E-state index contributed by atoms with van der Waals surface area (Å²) in [6.45, 7) is 20.0. The highest BCUT2D eigenvalue weighted by Crippen LogP contribution is 2.40. The fraction of sp³-hybridized carbons (Fsp3) is 0.307. The van der Waals surface area contributed by atoms with Crippen molar-refractivity contribution in [1.29, 1.82) is 0 Å². The summed E-state index contributed by atoms with van der Waals surface area (Å²) < 4.78 is 17.7. The summed E-state index contributed by atoms with van der Waals surface area (Å²) in [5, 5.41) is 95.9. The maximum atomic E-state index is 13.0. The van der Waals surface area contributed by atoms with Crippen LogP contribution in [0.3, 0.4) is 0 Å². The van der Waals surface area contributed by atoms with Gasteiger partial charge in [0, 0.05) is 126 Å². The third-order valence-corrected chi connectivity index (χ3v) is 16.8. The number of methoxy groups -OCH3 is 1. The number of nitrogens with zero attached hydrogens (tertiary/aromatic N) is 10. The first kappa shape index (κ1) is 79.7. The fourth-order valence-corrected chi connectivity index (χ4v) is 11.3. The molecule has 0 unspecified atom stereocenters. The van der Waals surface area contributed by atoms with Gasteiger partial charge in [-0.25, -0.2) is 9.59 Å². The van der Waals surface area contributed by atoms with Crippen LogP contribution in [-0.2, 0) is 40.3 Å². The number of benzene rings is 7. The van der Waals surface area contributed by atoms with E-state index in [0.29, 0.717) is 96.6 Å². The SMILES string of the molecule is CCNC(=O)c1nnc(-c2cc(C(C)C)c(O)cc2O)n1-c1ccc(CN2CCN(C(=O)Oc3ccc(CC(=O)O)cc3)CC2)cc1.CCNC(=O)c1nnc(-c2cc(C(C)C)c(O)cc2O)n1-c1ccc(CN2CCNCC2)cc1.COC(=O)Cc1ccc(O)cc1.O=C(Cl)Oc1ccc([N+](=O)[O-])cc1. The molecule has 2 aliphatic heterocycles. The second kappa shape index (κ2) is 38.0. The zero-order chi connectivity index (χ0) is 76.7. The number of nitro benzene ring substituents is 1. The number of carboxylic acids is 1. The maximum absolute atomic E-state index is 13.0. The van der Waals surface area contributed by atoms with E-state index in [-0.39, 0.29) is 94.2 Å². The van der Waals surface area contributed by atoms with E-state index in [4.69, 9.17) is 26.6 Å². The lowest BCUT2D eigenvalue weighted by Gasteiger charge is -2.34. The molecule has 2 aliphatic rings. The van der Waals surface area contributed by atoms with Crippen LogP contribution in [0.25, 0.3) is 34.2 Å². The Hall–Kier alpha value is -12.0. The summed E-state index contributed by atoms with van der Waals surface area (Å²) in [6, 6.07) is 39.5. The standard InChI is InChI=1S/C34H38N6O7.C25H32N6O3.C9H10O3.C7H4ClNO4/c1-4-35-33(45)32-37-36-31(27-18-26(21(2)3)28(41)19-29(27)42)40(32)24-9-5-23(6-10-24)20-38-13-15-39(16-14-38)34(46)47-25-11-7-22(8-12-25)17-30(43)44;1-4-27-25(34)24-29-28-23(20-13-19(16(2)3)21(32)14-22(20)33)31(24)18-7-5-17(6-8-18)15-30-11-9-26-10-12-30;1-12-9(11)6-7-2-4-8(10)5-3-7;8-7(10)13-6-3-1-5(2-4-6)9(11)12/h5-12,18-19,21,41-42H,4,13-17,20H2,1-3H3,(H,35,45)(H,43,44);5-8,13-14,16,26,32-33H,4,9-12,15H2,1-3H3,(H,27,34);2-5,10H,6H2,1H3;1-4H. The number of aromatic nitrogens is 6. The Morgan fingerprint density at radius 2 is 0.962 bits per heavy atom. The van der Waals surface area contributed by atoms with Crippen molar-refractivity contribution in [3.8, 4) is 74.4 Å². The van der Waals surface area contributed by atoms with Crippen LogP contribution in [-0.4, -0.2) is 188 Å². The summed E-state index contributed by atoms with van der Waals surface area (Å²) in [4.78, 5) is 86.3. The Morgan fingerprint density at radius 1 is 0.547 bits per heavy atom. The molecule has 3 amide bonds. The van der Waals surface area contributed by atoms with Crippen LogP contribution in [0.15, 0.2) is 146 Å². The summed E-state index contributed by atoms with van der Waals surface area (Å²) in [5.41, 5.74) is 5.98. The van der Waals surface area contributed by atoms with Crippen LogP contribution in [0.5, 0.6) is 40.2 Å². The molecule has 7 aromatic carbocycles. The molecule has 0 radical (unpaired) electrons. The molecule has 30 nitrogen and oxygen atoms in total. The van der Waals surface area contributed by atoms with Crippen LogP contribution in [0.4, 0.5) is 15.3 Å². The highest BCUT2D eigenvalue weighted by atomic mass is 35.5. The number of nitro groups is 1. The minimum Gasteiger partial charge on any atom is -0.508 e. The number of ether oxygens (including phenoxy) is 3. The van der Waals surface area contributed by atoms with Gasteiger partial charge in [-0.1, -0.05) is 76.2 Å². The predicted molar refractivity (Wildman–Crippen MR) is 392 cm³/mol. The van der Waals surface area contributed by atoms with E-state index in [1.165, 1.54) is 61.2 Å². The van der Waals surface area contributed by atoms with Gasteiger partial charge in [-0.05, 0) is 132 Å². The molecule has 0 aliphatic carbocycles. The Kier molecular flexibility index (Phi) is 28.6. The molecule has 31 heteroatoms. The number of hydrogen-bond acceptors (Lipinski definition) is 23. The van der Waals surface area contributed by atoms with Crippen molar-refractivity contribution in [2.24, 2.45) is 0 Å². The second-order valence-corrected chi connectivity index (χ2v) is 25.3. The molecular weight excluding hydrogens is 1390 g/mol. The number of amides is 3. The number of carbonyl (C=O) groups excluding carboxylic acids is 5. The summed E-state index contributed by atoms with van der Waals surface area (Å²) in [5.74, 6) is -0.772. The molecule has 2 aromatic heterocycles. The molecule has 0 bridgehead atoms. The summed E-state index contributed by atoms with van der Waals surface area (Å²) in [7, 11) is 1.35. The molecule has 2 fully saturated rings. The van der Waals surface area contributed by atoms with Crippen molar-refractivity contribution in [2.75, 3.05) is 72.6 Å². The molecule has 4 heterocycles. The minimum absolute atomic E-state index is 0.0172. The monoisotopic (exact) mass is 1470 g/mol. The van der Waals surface area contributed by atoms with Gasteiger partial charge in [0.1, 0.15) is 40.2 Å². The molecule has 106 heavy (non-hydrogen) atoms. The number of phenols is 5. The molecule has 9 aromatic rings. The zero-order valence-corrected chi connectivity index (χ0v) is 60.2. The smallest absolute Gasteiger partial charge is 0.415 e. The molecule has 2 saturated heterocycles. The average Bonchev–Trinajstić information content (AvgIpc) is 1.60. The topological polar surface area (TPSA) is 402 Å². The van der Waals surface area contributed by atoms with Crippen LogP contribution in [0.2, 0.25) is 0 Å². The van der Waals surface area contributed by atoms with Gasteiger partial charge in [0.2, 0.25) is 11.6 Å². The number of aliphatic carboxylic acids is 1. The van der Waals surface area contributed by atoms with E-state index in [2.05, 4.69) is 55.6 Å². The first-order valence-electron chi connectivity index (χ1n) is 33.9. The highest BCUT2D eigenvalue weighted by molar-refractivity contribution is 6.61. The lowest BCUT2D eigenvalue weighted by Crippen LogP contribution is -2.49. The quantitative estimate of drug-likeness (QED) is 0.0140. The van der Waals surface area contributed by atoms with Gasteiger partial charge in [-0.15, -0.1) is 20.4 Å². The van der Waals surface area contributed by atoms with Crippen molar-refractivity contribution in [1.82, 2.24) is 60.2 Å². The van der Waals surface area contributed by atoms with E-state index in [1.54, 1.807) is 62.6 Å². The van der Waals surface area contributed by atoms with E-state index in [1.807, 2.05) is 90.1 Å². The van der Waals surface area contributed by atoms with Gasteiger partial charge in [-0.2, -0.15) is 0 Å². The number of halogens is 1. The molecule has 0 spiro atoms. The minimum atomic E-state index is -0.978. The van der Waals surface area contributed by atoms with E-state index >= 15 is 0 Å². The number of rotatable bonds is 21. The Bertz CT molecular complexity index is 4500. The molecular formula is C75H84ClN13O17. The number of hydrogen-bond donors (Lipinski definition) is 9. The molecule has 11 rings (SSSR count). The van der Waals surface area contributed by atoms with Gasteiger partial charge < -0.3 is 65.7 Å². The molecule has 0 saturated carbocycles. The Balaban J connectivity index is 0.000000207. The first-order valence-corrected chi connectivity index (χ1v) is 34.3. The van der Waals surface area contributed by atoms with Crippen LogP contribution in [0, 0.1) is 10.1 Å². The van der Waals surface area contributed by atoms with Gasteiger partial charge in [-0.3, -0.25) is 48.2 Å². The van der Waals surface area contributed by atoms with Crippen molar-refractivity contribution in [3.05, 3.63) is 201 Å². The molecule has 9 N–H and O–H groups in total. The third-order valence-electron chi connectivity index (χ3n) is 16.7. The second-order valence-electron chi connectivity index (χ2n) is 25.0. The number of carbonyl (C=O) groups is 6. The van der Waals surface area contributed by atoms with E-state index in [0.717, 1.165) is 43.9 Å². The van der Waals surface area contributed by atoms with Crippen molar-refractivity contribution in [3.63, 3.8) is 0 Å². The van der Waals surface area contributed by atoms with Gasteiger partial charge in [0.15, 0.2) is 11.6 Å². The normalized spacial score (nSPS) is 12.8. The average molecular weight is 1480 g/mol. The van der Waals surface area contributed by atoms with Crippen LogP contribution < -0.4 is 25.4 Å². The Labute approximate surface area is 615 Å². The van der Waals surface area contributed by atoms with Gasteiger partial charge >= 0.3 is 23.5 Å². The van der Waals surface area contributed by atoms with Gasteiger partial charge in [0.05, 0.1) is 36.0 Å². The number of phenolic OH excluding ortho intramolecular Hbond substituents is 5. The van der Waals surface area contributed by atoms with Crippen molar-refractivity contribution >= 4 is 52.6 Å². The lowest BCUT2D eigenvalue weighted by atomic mass is 9.98. The third kappa shape index (κ3) is 22.0. The zero-order valence-electron chi connectivity index (χ0n) is 59.4. The highest BCUT2D eigenvalue weighted by Gasteiger charge is 2.28. The number of aromatic hydroxyl groups is 5. The van der Waals surface area contributed by atoms with E-state index in [9.17, 15) is 59.3 Å². The largest absolute Gasteiger partial charge is 0.508 e. The van der Waals surface area contributed by atoms with Crippen LogP contribution >= 0.6 is 11.6 Å². The summed E-state index contributed by atoms with van der Waals surface area (Å²) in [6.07, 6.45) is -0.300. The van der Waals surface area contributed by atoms with Gasteiger partial charge in [0.25, 0.3) is 17.5 Å². The summed E-state index contributed by atoms with van der Waals surface area (Å²) >= 11 is 4.92.